The number of rotatable bonds is 4. The van der Waals surface area contributed by atoms with Crippen LogP contribution in [0.4, 0.5) is 5.82 Å². The van der Waals surface area contributed by atoms with E-state index in [2.05, 4.69) is 43.0 Å². The van der Waals surface area contributed by atoms with Crippen molar-refractivity contribution in [2.75, 3.05) is 18.1 Å². The second-order valence-corrected chi connectivity index (χ2v) is 6.94. The number of nitrogens with zero attached hydrogens (tertiary/aromatic N) is 2. The highest BCUT2D eigenvalue weighted by molar-refractivity contribution is 8.00. The van der Waals surface area contributed by atoms with Gasteiger partial charge in [0.05, 0.1) is 0 Å². The molecule has 16 heavy (non-hydrogen) atoms. The minimum Gasteiger partial charge on any atom is -0.370 e. The predicted octanol–water partition coefficient (Wildman–Crippen LogP) is 3.52. The van der Waals surface area contributed by atoms with E-state index in [4.69, 9.17) is 0 Å². The van der Waals surface area contributed by atoms with Crippen LogP contribution in [0.3, 0.4) is 0 Å². The molecule has 1 aromatic heterocycles. The van der Waals surface area contributed by atoms with Crippen LogP contribution in [-0.4, -0.2) is 27.5 Å². The first kappa shape index (κ1) is 13.6. The van der Waals surface area contributed by atoms with Crippen LogP contribution in [0.2, 0.25) is 0 Å². The molecule has 0 unspecified atom stereocenters. The Morgan fingerprint density at radius 1 is 1.31 bits per heavy atom. The van der Waals surface area contributed by atoms with Crippen molar-refractivity contribution in [2.24, 2.45) is 0 Å². The quantitative estimate of drug-likeness (QED) is 0.507. The van der Waals surface area contributed by atoms with E-state index in [1.54, 1.807) is 23.5 Å². The molecule has 90 valence electrons. The predicted molar refractivity (Wildman–Crippen MR) is 73.6 cm³/mol. The molecule has 0 amide bonds. The summed E-state index contributed by atoms with van der Waals surface area (Å²) in [5.41, 5.74) is 0. The molecule has 0 aliphatic rings. The highest BCUT2D eigenvalue weighted by Gasteiger charge is 2.14. The van der Waals surface area contributed by atoms with E-state index in [9.17, 15) is 0 Å². The van der Waals surface area contributed by atoms with Gasteiger partial charge in [-0.25, -0.2) is 9.97 Å². The average Bonchev–Trinajstić information content (AvgIpc) is 2.15. The minimum atomic E-state index is 0.174. The maximum atomic E-state index is 4.49. The molecule has 0 aromatic carbocycles. The molecule has 0 aliphatic heterocycles. The molecule has 0 fully saturated rings. The monoisotopic (exact) mass is 257 g/mol. The molecule has 1 aromatic rings. The summed E-state index contributed by atoms with van der Waals surface area (Å²) in [6, 6.07) is 2.01. The van der Waals surface area contributed by atoms with Gasteiger partial charge in [-0.1, -0.05) is 32.5 Å². The lowest BCUT2D eigenvalue weighted by atomic mass is 10.3. The van der Waals surface area contributed by atoms with E-state index in [0.29, 0.717) is 0 Å². The van der Waals surface area contributed by atoms with Crippen molar-refractivity contribution in [1.29, 1.82) is 0 Å². The molecule has 1 N–H and O–H groups in total. The van der Waals surface area contributed by atoms with Crippen LogP contribution in [0.25, 0.3) is 0 Å². The number of aromatic nitrogens is 2. The highest BCUT2D eigenvalue weighted by atomic mass is 32.2. The molecule has 0 atom stereocenters. The zero-order valence-electron chi connectivity index (χ0n) is 10.5. The Bertz CT molecular complexity index is 348. The number of anilines is 1. The van der Waals surface area contributed by atoms with Crippen molar-refractivity contribution in [2.45, 2.75) is 42.6 Å². The summed E-state index contributed by atoms with van der Waals surface area (Å²) in [5, 5.41) is 5.09. The van der Waals surface area contributed by atoms with Gasteiger partial charge in [0.15, 0.2) is 5.16 Å². The lowest BCUT2D eigenvalue weighted by Gasteiger charge is -2.17. The molecule has 0 saturated carbocycles. The van der Waals surface area contributed by atoms with Crippen molar-refractivity contribution in [1.82, 2.24) is 9.97 Å². The van der Waals surface area contributed by atoms with Crippen LogP contribution in [0.1, 0.15) is 27.7 Å². The summed E-state index contributed by atoms with van der Waals surface area (Å²) in [6.07, 6.45) is 2.00. The van der Waals surface area contributed by atoms with Gasteiger partial charge >= 0.3 is 0 Å². The van der Waals surface area contributed by atoms with Crippen LogP contribution < -0.4 is 5.32 Å². The topological polar surface area (TPSA) is 37.8 Å². The smallest absolute Gasteiger partial charge is 0.190 e. The van der Waals surface area contributed by atoms with Crippen LogP contribution >= 0.6 is 23.5 Å². The minimum absolute atomic E-state index is 0.174. The number of hydrogen-bond acceptors (Lipinski definition) is 5. The summed E-state index contributed by atoms with van der Waals surface area (Å²) in [6.45, 7) is 9.50. The van der Waals surface area contributed by atoms with Crippen molar-refractivity contribution < 1.29 is 0 Å². The molecule has 1 heterocycles. The van der Waals surface area contributed by atoms with E-state index >= 15 is 0 Å². The van der Waals surface area contributed by atoms with E-state index in [0.717, 1.165) is 22.5 Å². The molecular weight excluding hydrogens is 238 g/mol. The summed E-state index contributed by atoms with van der Waals surface area (Å²) >= 11 is 3.34. The Balaban J connectivity index is 2.95. The lowest BCUT2D eigenvalue weighted by molar-refractivity contribution is 0.792. The highest BCUT2D eigenvalue weighted by Crippen LogP contribution is 2.32. The van der Waals surface area contributed by atoms with Crippen LogP contribution in [0, 0.1) is 0 Å². The second kappa shape index (κ2) is 5.77. The van der Waals surface area contributed by atoms with Crippen molar-refractivity contribution >= 4 is 29.3 Å². The maximum absolute atomic E-state index is 4.49. The van der Waals surface area contributed by atoms with Crippen LogP contribution in [0.5, 0.6) is 0 Å². The van der Waals surface area contributed by atoms with Crippen molar-refractivity contribution in [3.05, 3.63) is 6.07 Å². The summed E-state index contributed by atoms with van der Waals surface area (Å²) in [4.78, 5) is 8.89. The molecule has 0 spiro atoms. The van der Waals surface area contributed by atoms with Gasteiger partial charge in [0, 0.05) is 17.4 Å². The van der Waals surface area contributed by atoms with Gasteiger partial charge in [-0.3, -0.25) is 0 Å². The van der Waals surface area contributed by atoms with Crippen molar-refractivity contribution in [3.8, 4) is 0 Å². The average molecular weight is 257 g/mol. The fourth-order valence-electron chi connectivity index (χ4n) is 1.13. The Morgan fingerprint density at radius 2 is 2.00 bits per heavy atom. The molecule has 0 saturated heterocycles. The number of thioether (sulfide) groups is 2. The van der Waals surface area contributed by atoms with Crippen LogP contribution in [-0.2, 0) is 0 Å². The zero-order valence-corrected chi connectivity index (χ0v) is 12.1. The van der Waals surface area contributed by atoms with E-state index in [-0.39, 0.29) is 4.75 Å². The first-order chi connectivity index (χ1) is 7.44. The fraction of sp³-hybridized carbons (Fsp3) is 0.636. The third kappa shape index (κ3) is 4.61. The maximum Gasteiger partial charge on any atom is 0.190 e. The van der Waals surface area contributed by atoms with E-state index in [1.165, 1.54) is 0 Å². The van der Waals surface area contributed by atoms with E-state index < -0.39 is 0 Å². The normalized spacial score (nSPS) is 11.6. The number of hydrogen-bond donors (Lipinski definition) is 1. The molecule has 0 radical (unpaired) electrons. The van der Waals surface area contributed by atoms with Gasteiger partial charge in [0.1, 0.15) is 10.8 Å². The third-order valence-corrected chi connectivity index (χ3v) is 3.21. The summed E-state index contributed by atoms with van der Waals surface area (Å²) in [7, 11) is 0. The molecule has 1 rings (SSSR count). The summed E-state index contributed by atoms with van der Waals surface area (Å²) in [5.74, 6) is 0.911. The van der Waals surface area contributed by atoms with Gasteiger partial charge in [0.2, 0.25) is 0 Å². The molecule has 5 heteroatoms. The number of nitrogens with one attached hydrogen (secondary N) is 1. The van der Waals surface area contributed by atoms with Crippen molar-refractivity contribution in [3.63, 3.8) is 0 Å². The molecule has 3 nitrogen and oxygen atoms in total. The van der Waals surface area contributed by atoms with Gasteiger partial charge in [-0.15, -0.1) is 11.8 Å². The van der Waals surface area contributed by atoms with Crippen LogP contribution in [0.15, 0.2) is 16.2 Å². The molecular formula is C11H19N3S2. The lowest BCUT2D eigenvalue weighted by Crippen LogP contribution is -2.08. The first-order valence-electron chi connectivity index (χ1n) is 5.30. The zero-order chi connectivity index (χ0) is 12.2. The summed E-state index contributed by atoms with van der Waals surface area (Å²) < 4.78 is 0.174. The largest absolute Gasteiger partial charge is 0.370 e. The van der Waals surface area contributed by atoms with Gasteiger partial charge < -0.3 is 5.32 Å². The Morgan fingerprint density at radius 3 is 2.50 bits per heavy atom. The fourth-order valence-corrected chi connectivity index (χ4v) is 2.50. The second-order valence-electron chi connectivity index (χ2n) is 4.32. The van der Waals surface area contributed by atoms with E-state index in [1.807, 2.05) is 12.3 Å². The SMILES string of the molecule is CCNc1cc(SC(C)(C)C)nc(SC)n1. The van der Waals surface area contributed by atoms with Gasteiger partial charge in [-0.2, -0.15) is 0 Å². The van der Waals surface area contributed by atoms with Gasteiger partial charge in [0.25, 0.3) is 0 Å². The Hall–Kier alpha value is -0.420. The Labute approximate surface area is 106 Å². The third-order valence-electron chi connectivity index (χ3n) is 1.63. The first-order valence-corrected chi connectivity index (χ1v) is 7.34. The Kier molecular flexibility index (Phi) is 4.92. The molecule has 0 aliphatic carbocycles. The molecule has 0 bridgehead atoms. The van der Waals surface area contributed by atoms with Gasteiger partial charge in [-0.05, 0) is 13.2 Å². The standard InChI is InChI=1S/C11H19N3S2/c1-6-12-8-7-9(16-11(2,3)4)14-10(13-8)15-5/h7H,6H2,1-5H3,(H,12,13,14).